The van der Waals surface area contributed by atoms with Crippen LogP contribution in [-0.2, 0) is 0 Å². The summed E-state index contributed by atoms with van der Waals surface area (Å²) in [6, 6.07) is 4.19. The first-order valence-electron chi connectivity index (χ1n) is 6.14. The minimum Gasteiger partial charge on any atom is -0.321 e. The molecule has 1 aliphatic rings. The summed E-state index contributed by atoms with van der Waals surface area (Å²) < 4.78 is 0. The molecule has 0 radical (unpaired) electrons. The van der Waals surface area contributed by atoms with Gasteiger partial charge in [0.05, 0.1) is 6.04 Å². The molecule has 2 N–H and O–H groups in total. The zero-order valence-corrected chi connectivity index (χ0v) is 9.95. The fourth-order valence-corrected chi connectivity index (χ4v) is 2.30. The molecule has 1 atom stereocenters. The topological polar surface area (TPSA) is 38.9 Å². The lowest BCUT2D eigenvalue weighted by atomic mass is 9.96. The van der Waals surface area contributed by atoms with Gasteiger partial charge in [0, 0.05) is 11.9 Å². The molecule has 2 heteroatoms. The Bertz CT molecular complexity index is 382. The molecule has 0 fully saturated rings. The average Bonchev–Trinajstić information content (AvgIpc) is 2.56. The minimum absolute atomic E-state index is 0.0693. The maximum atomic E-state index is 6.31. The zero-order chi connectivity index (χ0) is 11.4. The molecule has 0 saturated heterocycles. The molecule has 2 rings (SSSR count). The van der Waals surface area contributed by atoms with Crippen LogP contribution in [0.1, 0.15) is 49.4 Å². The summed E-state index contributed by atoms with van der Waals surface area (Å²) in [5.41, 5.74) is 9.96. The van der Waals surface area contributed by atoms with Crippen molar-refractivity contribution < 1.29 is 0 Å². The van der Waals surface area contributed by atoms with E-state index in [0.717, 1.165) is 12.1 Å². The molecule has 0 amide bonds. The van der Waals surface area contributed by atoms with Gasteiger partial charge in [-0.25, -0.2) is 0 Å². The molecule has 0 spiro atoms. The molecule has 2 nitrogen and oxygen atoms in total. The van der Waals surface area contributed by atoms with Crippen LogP contribution in [0.15, 0.2) is 30.0 Å². The molecule has 0 aromatic carbocycles. The van der Waals surface area contributed by atoms with Crippen LogP contribution in [0.3, 0.4) is 0 Å². The van der Waals surface area contributed by atoms with E-state index in [9.17, 15) is 0 Å². The van der Waals surface area contributed by atoms with Crippen molar-refractivity contribution in [2.24, 2.45) is 5.73 Å². The standard InChI is InChI=1S/C14H20N2/c1-11-10-13(8-9-16-11)14(15)12-6-4-2-3-5-7-12/h6,8-10,14H,2-5,7,15H2,1H3. The van der Waals surface area contributed by atoms with Gasteiger partial charge in [0.25, 0.3) is 0 Å². The van der Waals surface area contributed by atoms with E-state index in [0.29, 0.717) is 0 Å². The summed E-state index contributed by atoms with van der Waals surface area (Å²) in [7, 11) is 0. The summed E-state index contributed by atoms with van der Waals surface area (Å²) in [5.74, 6) is 0. The molecule has 1 aliphatic carbocycles. The maximum absolute atomic E-state index is 6.31. The second-order valence-corrected chi connectivity index (χ2v) is 4.59. The number of hydrogen-bond acceptors (Lipinski definition) is 2. The van der Waals surface area contributed by atoms with Gasteiger partial charge >= 0.3 is 0 Å². The highest BCUT2D eigenvalue weighted by molar-refractivity contribution is 5.28. The summed E-state index contributed by atoms with van der Waals surface area (Å²) in [5, 5.41) is 0. The molecule has 0 saturated carbocycles. The van der Waals surface area contributed by atoms with Gasteiger partial charge in [0.1, 0.15) is 0 Å². The normalized spacial score (nSPS) is 18.8. The number of rotatable bonds is 2. The summed E-state index contributed by atoms with van der Waals surface area (Å²) in [4.78, 5) is 4.21. The van der Waals surface area contributed by atoms with Gasteiger partial charge in [-0.15, -0.1) is 0 Å². The molecule has 16 heavy (non-hydrogen) atoms. The van der Waals surface area contributed by atoms with Crippen LogP contribution in [0.5, 0.6) is 0 Å². The smallest absolute Gasteiger partial charge is 0.0512 e. The first-order chi connectivity index (χ1) is 7.77. The van der Waals surface area contributed by atoms with Gasteiger partial charge < -0.3 is 5.73 Å². The summed E-state index contributed by atoms with van der Waals surface area (Å²) in [6.45, 7) is 2.01. The van der Waals surface area contributed by atoms with Crippen LogP contribution in [0.2, 0.25) is 0 Å². The van der Waals surface area contributed by atoms with Crippen molar-refractivity contribution in [3.8, 4) is 0 Å². The first kappa shape index (κ1) is 11.3. The number of aromatic nitrogens is 1. The molecule has 86 valence electrons. The molecule has 0 aliphatic heterocycles. The van der Waals surface area contributed by atoms with Crippen molar-refractivity contribution in [2.45, 2.75) is 45.1 Å². The lowest BCUT2D eigenvalue weighted by Crippen LogP contribution is -2.13. The van der Waals surface area contributed by atoms with Crippen molar-refractivity contribution >= 4 is 0 Å². The fourth-order valence-electron chi connectivity index (χ4n) is 2.30. The van der Waals surface area contributed by atoms with E-state index in [-0.39, 0.29) is 6.04 Å². The molecule has 1 aromatic heterocycles. The largest absolute Gasteiger partial charge is 0.321 e. The van der Waals surface area contributed by atoms with Gasteiger partial charge in [-0.1, -0.05) is 18.1 Å². The third-order valence-corrected chi connectivity index (χ3v) is 3.26. The molecule has 1 heterocycles. The van der Waals surface area contributed by atoms with Crippen LogP contribution in [0.4, 0.5) is 0 Å². The summed E-state index contributed by atoms with van der Waals surface area (Å²) in [6.07, 6.45) is 10.5. The average molecular weight is 216 g/mol. The Labute approximate surface area is 97.6 Å². The Balaban J connectivity index is 2.17. The van der Waals surface area contributed by atoms with Crippen molar-refractivity contribution in [3.63, 3.8) is 0 Å². The highest BCUT2D eigenvalue weighted by Gasteiger charge is 2.13. The van der Waals surface area contributed by atoms with E-state index < -0.39 is 0 Å². The maximum Gasteiger partial charge on any atom is 0.0512 e. The predicted molar refractivity (Wildman–Crippen MR) is 67.1 cm³/mol. The van der Waals surface area contributed by atoms with Gasteiger partial charge in [0.15, 0.2) is 0 Å². The number of aryl methyl sites for hydroxylation is 1. The van der Waals surface area contributed by atoms with Crippen molar-refractivity contribution in [2.75, 3.05) is 0 Å². The first-order valence-corrected chi connectivity index (χ1v) is 6.14. The van der Waals surface area contributed by atoms with Gasteiger partial charge in [-0.05, 0) is 50.3 Å². The third-order valence-electron chi connectivity index (χ3n) is 3.26. The lowest BCUT2D eigenvalue weighted by Gasteiger charge is -2.16. The van der Waals surface area contributed by atoms with Crippen molar-refractivity contribution in [1.29, 1.82) is 0 Å². The van der Waals surface area contributed by atoms with Crippen LogP contribution in [0.25, 0.3) is 0 Å². The van der Waals surface area contributed by atoms with E-state index in [1.807, 2.05) is 19.2 Å². The molecular formula is C14H20N2. The predicted octanol–water partition coefficient (Wildman–Crippen LogP) is 3.28. The van der Waals surface area contributed by atoms with E-state index in [1.165, 1.54) is 36.8 Å². The van der Waals surface area contributed by atoms with Crippen LogP contribution < -0.4 is 5.73 Å². The Morgan fingerprint density at radius 2 is 2.19 bits per heavy atom. The second kappa shape index (κ2) is 5.26. The van der Waals surface area contributed by atoms with Gasteiger partial charge in [0.2, 0.25) is 0 Å². The highest BCUT2D eigenvalue weighted by atomic mass is 14.7. The molecule has 1 aromatic rings. The minimum atomic E-state index is 0.0693. The van der Waals surface area contributed by atoms with Crippen LogP contribution in [0, 0.1) is 6.92 Å². The van der Waals surface area contributed by atoms with Crippen molar-refractivity contribution in [1.82, 2.24) is 4.98 Å². The molecular weight excluding hydrogens is 196 g/mol. The van der Waals surface area contributed by atoms with E-state index in [1.54, 1.807) is 0 Å². The van der Waals surface area contributed by atoms with Gasteiger partial charge in [-0.3, -0.25) is 4.98 Å². The van der Waals surface area contributed by atoms with Crippen LogP contribution >= 0.6 is 0 Å². The third kappa shape index (κ3) is 2.70. The Morgan fingerprint density at radius 1 is 1.31 bits per heavy atom. The monoisotopic (exact) mass is 216 g/mol. The number of nitrogens with two attached hydrogens (primary N) is 1. The zero-order valence-electron chi connectivity index (χ0n) is 9.95. The number of allylic oxidation sites excluding steroid dienone is 1. The Hall–Kier alpha value is -1.15. The molecule has 1 unspecified atom stereocenters. The number of pyridine rings is 1. The van der Waals surface area contributed by atoms with E-state index in [4.69, 9.17) is 5.73 Å². The quantitative estimate of drug-likeness (QED) is 0.770. The number of nitrogens with zero attached hydrogens (tertiary/aromatic N) is 1. The lowest BCUT2D eigenvalue weighted by molar-refractivity contribution is 0.687. The van der Waals surface area contributed by atoms with Crippen LogP contribution in [-0.4, -0.2) is 4.98 Å². The number of hydrogen-bond donors (Lipinski definition) is 1. The summed E-state index contributed by atoms with van der Waals surface area (Å²) >= 11 is 0. The van der Waals surface area contributed by atoms with E-state index in [2.05, 4.69) is 17.1 Å². The fraction of sp³-hybridized carbons (Fsp3) is 0.500. The van der Waals surface area contributed by atoms with Crippen molar-refractivity contribution in [3.05, 3.63) is 41.2 Å². The Morgan fingerprint density at radius 3 is 3.00 bits per heavy atom. The van der Waals surface area contributed by atoms with E-state index >= 15 is 0 Å². The highest BCUT2D eigenvalue weighted by Crippen LogP contribution is 2.27. The van der Waals surface area contributed by atoms with Gasteiger partial charge in [-0.2, -0.15) is 0 Å². The SMILES string of the molecule is Cc1cc(C(N)C2=CCCCCC2)ccn1. The Kier molecular flexibility index (Phi) is 3.73. The molecule has 0 bridgehead atoms. The second-order valence-electron chi connectivity index (χ2n) is 4.59.